The van der Waals surface area contributed by atoms with Gasteiger partial charge >= 0.3 is 0 Å². The highest BCUT2D eigenvalue weighted by Crippen LogP contribution is 2.44. The van der Waals surface area contributed by atoms with Gasteiger partial charge in [-0.25, -0.2) is 0 Å². The van der Waals surface area contributed by atoms with Gasteiger partial charge in [-0.3, -0.25) is 0 Å². The lowest BCUT2D eigenvalue weighted by molar-refractivity contribution is 0.462. The Balaban J connectivity index is 2.51. The molecule has 0 bridgehead atoms. The molecule has 1 aliphatic carbocycles. The van der Waals surface area contributed by atoms with E-state index in [1.807, 2.05) is 6.92 Å². The Hall–Kier alpha value is -0.260. The maximum absolute atomic E-state index is 3.92. The Bertz CT molecular complexity index is 171. The molecule has 65 valence electrons. The van der Waals surface area contributed by atoms with Crippen molar-refractivity contribution < 1.29 is 0 Å². The van der Waals surface area contributed by atoms with Gasteiger partial charge in [0, 0.05) is 5.92 Å². The molecule has 1 fully saturated rings. The topological polar surface area (TPSA) is 0 Å². The highest BCUT2D eigenvalue weighted by Gasteiger charge is 2.34. The first-order valence-corrected chi connectivity index (χ1v) is 4.34. The molecule has 12 heavy (non-hydrogen) atoms. The van der Waals surface area contributed by atoms with Crippen LogP contribution in [-0.4, -0.2) is 0 Å². The molecule has 0 aromatic carbocycles. The summed E-state index contributed by atoms with van der Waals surface area (Å²) in [7, 11) is 0. The summed E-state index contributed by atoms with van der Waals surface area (Å²) in [6.07, 6.45) is 6.55. The first-order chi connectivity index (χ1) is 5.41. The molecule has 0 amide bonds. The Morgan fingerprint density at radius 3 is 2.08 bits per heavy atom. The van der Waals surface area contributed by atoms with E-state index in [9.17, 15) is 0 Å². The van der Waals surface area contributed by atoms with Crippen LogP contribution in [0.4, 0.5) is 0 Å². The van der Waals surface area contributed by atoms with E-state index in [0.29, 0.717) is 0 Å². The van der Waals surface area contributed by atoms with Crippen LogP contribution < -0.4 is 0 Å². The third kappa shape index (κ3) is 2.12. The first kappa shape index (κ1) is 9.83. The monoisotopic (exact) mass is 161 g/mol. The number of rotatable bonds is 1. The van der Waals surface area contributed by atoms with Crippen LogP contribution in [0.25, 0.3) is 0 Å². The number of hydrogen-bond acceptors (Lipinski definition) is 0. The molecule has 1 rings (SSSR count). The minimum atomic E-state index is 0.258. The summed E-state index contributed by atoms with van der Waals surface area (Å²) in [5.41, 5.74) is 1.40. The van der Waals surface area contributed by atoms with Gasteiger partial charge in [-0.15, -0.1) is 0 Å². The molecule has 0 aromatic rings. The molecule has 0 aromatic heterocycles. The Morgan fingerprint density at radius 1 is 1.25 bits per heavy atom. The van der Waals surface area contributed by atoms with Crippen molar-refractivity contribution in [2.75, 3.05) is 0 Å². The van der Waals surface area contributed by atoms with Crippen LogP contribution in [0.5, 0.6) is 0 Å². The molecular weight excluding hydrogens is 144 g/mol. The number of hydrogen-bond donors (Lipinski definition) is 0. The van der Waals surface area contributed by atoms with Crippen molar-refractivity contribution in [3.63, 3.8) is 0 Å². The normalized spacial score (nSPS) is 21.7. The highest BCUT2D eigenvalue weighted by atomic mass is 14.4. The standard InChI is InChI=1S/C12H17/c1-9(2)10-6-7-11(8-10)12(3,4)5/h6-8H,1H2,2-5H3. The van der Waals surface area contributed by atoms with E-state index < -0.39 is 0 Å². The van der Waals surface area contributed by atoms with Crippen LogP contribution in [0.2, 0.25) is 0 Å². The maximum atomic E-state index is 3.92. The predicted molar refractivity (Wildman–Crippen MR) is 53.7 cm³/mol. The van der Waals surface area contributed by atoms with Crippen molar-refractivity contribution in [3.8, 4) is 0 Å². The van der Waals surface area contributed by atoms with Crippen LogP contribution in [0.1, 0.15) is 27.7 Å². The van der Waals surface area contributed by atoms with Crippen LogP contribution in [0.3, 0.4) is 0 Å². The number of allylic oxidation sites excluding steroid dienone is 1. The van der Waals surface area contributed by atoms with Crippen molar-refractivity contribution in [2.24, 2.45) is 5.41 Å². The summed E-state index contributed by atoms with van der Waals surface area (Å²) in [5.74, 6) is 2.65. The zero-order valence-electron chi connectivity index (χ0n) is 8.44. The fraction of sp³-hybridized carbons (Fsp3) is 0.417. The van der Waals surface area contributed by atoms with Crippen LogP contribution in [-0.2, 0) is 0 Å². The smallest absolute Gasteiger partial charge is 0.00771 e. The van der Waals surface area contributed by atoms with Gasteiger partial charge < -0.3 is 0 Å². The third-order valence-corrected chi connectivity index (χ3v) is 2.11. The lowest BCUT2D eigenvalue weighted by Gasteiger charge is -2.25. The van der Waals surface area contributed by atoms with Gasteiger partial charge in [-0.1, -0.05) is 32.9 Å². The maximum Gasteiger partial charge on any atom is 0.00771 e. The van der Waals surface area contributed by atoms with E-state index in [2.05, 4.69) is 46.6 Å². The van der Waals surface area contributed by atoms with E-state index in [1.165, 1.54) is 11.8 Å². The average molecular weight is 161 g/mol. The quantitative estimate of drug-likeness (QED) is 0.553. The Labute approximate surface area is 77.1 Å². The van der Waals surface area contributed by atoms with E-state index in [0.717, 1.165) is 5.57 Å². The van der Waals surface area contributed by atoms with Crippen molar-refractivity contribution in [2.45, 2.75) is 27.7 Å². The average Bonchev–Trinajstić information content (AvgIpc) is 2.30. The summed E-state index contributed by atoms with van der Waals surface area (Å²) in [6.45, 7) is 12.6. The molecule has 0 unspecified atom stereocenters. The summed E-state index contributed by atoms with van der Waals surface area (Å²) < 4.78 is 0. The Morgan fingerprint density at radius 2 is 1.83 bits per heavy atom. The van der Waals surface area contributed by atoms with E-state index >= 15 is 0 Å². The van der Waals surface area contributed by atoms with Crippen molar-refractivity contribution in [3.05, 3.63) is 43.3 Å². The van der Waals surface area contributed by atoms with Gasteiger partial charge in [0.25, 0.3) is 0 Å². The zero-order valence-corrected chi connectivity index (χ0v) is 8.44. The minimum Gasteiger partial charge on any atom is -0.0995 e. The zero-order chi connectivity index (χ0) is 9.35. The molecule has 0 heteroatoms. The molecule has 0 N–H and O–H groups in total. The molecular formula is C12H17. The molecule has 0 atom stereocenters. The van der Waals surface area contributed by atoms with Crippen LogP contribution >= 0.6 is 0 Å². The second-order valence-corrected chi connectivity index (χ2v) is 4.42. The van der Waals surface area contributed by atoms with E-state index in [-0.39, 0.29) is 5.41 Å². The molecule has 0 aliphatic heterocycles. The van der Waals surface area contributed by atoms with Crippen molar-refractivity contribution in [1.29, 1.82) is 0 Å². The van der Waals surface area contributed by atoms with E-state index in [1.54, 1.807) is 0 Å². The van der Waals surface area contributed by atoms with Gasteiger partial charge in [-0.2, -0.15) is 0 Å². The lowest BCUT2D eigenvalue weighted by atomic mass is 9.79. The van der Waals surface area contributed by atoms with Gasteiger partial charge in [0.15, 0.2) is 0 Å². The van der Waals surface area contributed by atoms with Crippen molar-refractivity contribution in [1.82, 2.24) is 0 Å². The second kappa shape index (κ2) is 3.24. The second-order valence-electron chi connectivity index (χ2n) is 4.42. The summed E-state index contributed by atoms with van der Waals surface area (Å²) >= 11 is 0. The van der Waals surface area contributed by atoms with E-state index in [4.69, 9.17) is 0 Å². The summed E-state index contributed by atoms with van der Waals surface area (Å²) in [4.78, 5) is 0. The minimum absolute atomic E-state index is 0.258. The fourth-order valence-electron chi connectivity index (χ4n) is 1.18. The predicted octanol–water partition coefficient (Wildman–Crippen LogP) is 3.38. The van der Waals surface area contributed by atoms with Crippen molar-refractivity contribution >= 4 is 0 Å². The molecule has 1 saturated carbocycles. The molecule has 1 aliphatic rings. The Kier molecular flexibility index (Phi) is 2.65. The van der Waals surface area contributed by atoms with Gasteiger partial charge in [0.1, 0.15) is 0 Å². The molecule has 0 nitrogen and oxygen atoms in total. The lowest BCUT2D eigenvalue weighted by Crippen LogP contribution is -2.16. The first-order valence-electron chi connectivity index (χ1n) is 4.34. The summed E-state index contributed by atoms with van der Waals surface area (Å²) in [5, 5.41) is 0. The fourth-order valence-corrected chi connectivity index (χ4v) is 1.18. The molecule has 0 saturated heterocycles. The molecule has 0 spiro atoms. The molecule has 5 radical (unpaired) electrons. The van der Waals surface area contributed by atoms with Gasteiger partial charge in [0.05, 0.1) is 0 Å². The third-order valence-electron chi connectivity index (χ3n) is 2.11. The van der Waals surface area contributed by atoms with Crippen LogP contribution in [0.15, 0.2) is 12.2 Å². The molecule has 0 heterocycles. The largest absolute Gasteiger partial charge is 0.0995 e. The SMILES string of the molecule is C=C(C)[C]1[CH][CH][C](C(C)(C)C)[CH]1. The van der Waals surface area contributed by atoms with Gasteiger partial charge in [0.2, 0.25) is 0 Å². The van der Waals surface area contributed by atoms with Gasteiger partial charge in [-0.05, 0) is 37.5 Å². The summed E-state index contributed by atoms with van der Waals surface area (Å²) in [6, 6.07) is 0. The van der Waals surface area contributed by atoms with Crippen LogP contribution in [0, 0.1) is 36.5 Å². The highest BCUT2D eigenvalue weighted by molar-refractivity contribution is 5.52.